The van der Waals surface area contributed by atoms with E-state index in [9.17, 15) is 9.59 Å². The fraction of sp³-hybridized carbons (Fsp3) is 0.348. The molecule has 0 saturated heterocycles. The first kappa shape index (κ1) is 20.6. The number of nitrogens with zero attached hydrogens (tertiary/aromatic N) is 2. The number of carbonyl (C=O) groups excluding carboxylic acids is 2. The number of esters is 1. The highest BCUT2D eigenvalue weighted by atomic mass is 16.5. The van der Waals surface area contributed by atoms with Crippen molar-refractivity contribution < 1.29 is 18.9 Å². The fourth-order valence-electron chi connectivity index (χ4n) is 3.65. The summed E-state index contributed by atoms with van der Waals surface area (Å²) in [6.07, 6.45) is 0. The largest absolute Gasteiger partial charge is 0.462 e. The molecule has 3 aromatic rings. The highest BCUT2D eigenvalue weighted by Gasteiger charge is 2.29. The van der Waals surface area contributed by atoms with Crippen molar-refractivity contribution in [3.8, 4) is 0 Å². The van der Waals surface area contributed by atoms with E-state index in [0.29, 0.717) is 12.2 Å². The van der Waals surface area contributed by atoms with Gasteiger partial charge >= 0.3 is 5.97 Å². The molecule has 1 N–H and O–H groups in total. The van der Waals surface area contributed by atoms with Gasteiger partial charge in [-0.3, -0.25) is 4.79 Å². The molecule has 0 spiro atoms. The van der Waals surface area contributed by atoms with Crippen LogP contribution in [-0.4, -0.2) is 23.1 Å². The standard InChI is InChI=1S/C23H27N3O3/c1-6-25-17(5)26(16(4)22(27)24-19-11-8-15(3)9-12-19)21-14-18(10-13-20(21)25)23(28)29-7-2/h8-14,16H,6-7H2,1-5H3/p+1/t16-/m0/s1. The van der Waals surface area contributed by atoms with Gasteiger partial charge in [-0.2, -0.15) is 0 Å². The molecule has 1 aromatic heterocycles. The second-order valence-electron chi connectivity index (χ2n) is 7.12. The van der Waals surface area contributed by atoms with E-state index in [0.717, 1.165) is 34.7 Å². The summed E-state index contributed by atoms with van der Waals surface area (Å²) in [5, 5.41) is 2.98. The van der Waals surface area contributed by atoms with E-state index in [1.807, 2.05) is 61.7 Å². The molecule has 1 atom stereocenters. The molecule has 0 saturated carbocycles. The van der Waals surface area contributed by atoms with Crippen molar-refractivity contribution in [3.05, 3.63) is 59.4 Å². The van der Waals surface area contributed by atoms with E-state index in [-0.39, 0.29) is 11.9 Å². The molecular weight excluding hydrogens is 366 g/mol. The average molecular weight is 394 g/mol. The normalized spacial score (nSPS) is 12.0. The summed E-state index contributed by atoms with van der Waals surface area (Å²) in [5.74, 6) is 0.480. The third-order valence-electron chi connectivity index (χ3n) is 5.18. The van der Waals surface area contributed by atoms with Gasteiger partial charge in [0.15, 0.2) is 17.1 Å². The van der Waals surface area contributed by atoms with Gasteiger partial charge in [-0.15, -0.1) is 0 Å². The summed E-state index contributed by atoms with van der Waals surface area (Å²) < 4.78 is 9.26. The lowest BCUT2D eigenvalue weighted by Gasteiger charge is -2.12. The monoisotopic (exact) mass is 394 g/mol. The number of rotatable bonds is 6. The smallest absolute Gasteiger partial charge is 0.338 e. The van der Waals surface area contributed by atoms with Crippen molar-refractivity contribution in [3.63, 3.8) is 0 Å². The van der Waals surface area contributed by atoms with Crippen LogP contribution in [0.15, 0.2) is 42.5 Å². The molecule has 6 heteroatoms. The van der Waals surface area contributed by atoms with Gasteiger partial charge < -0.3 is 10.1 Å². The number of amides is 1. The number of hydrogen-bond donors (Lipinski definition) is 1. The third kappa shape index (κ3) is 4.01. The van der Waals surface area contributed by atoms with E-state index in [1.54, 1.807) is 13.0 Å². The highest BCUT2D eigenvalue weighted by Crippen LogP contribution is 2.23. The van der Waals surface area contributed by atoms with Crippen molar-refractivity contribution >= 4 is 28.6 Å². The van der Waals surface area contributed by atoms with Gasteiger partial charge in [0.25, 0.3) is 11.7 Å². The maximum atomic E-state index is 13.0. The summed E-state index contributed by atoms with van der Waals surface area (Å²) in [5.41, 5.74) is 4.19. The van der Waals surface area contributed by atoms with Gasteiger partial charge in [0.2, 0.25) is 0 Å². The molecule has 6 nitrogen and oxygen atoms in total. The second kappa shape index (κ2) is 8.47. The summed E-state index contributed by atoms with van der Waals surface area (Å²) in [6.45, 7) is 10.8. The molecule has 1 heterocycles. The Labute approximate surface area is 171 Å². The lowest BCUT2D eigenvalue weighted by Crippen LogP contribution is -2.36. The van der Waals surface area contributed by atoms with Crippen LogP contribution in [0, 0.1) is 13.8 Å². The summed E-state index contributed by atoms with van der Waals surface area (Å²) >= 11 is 0. The van der Waals surface area contributed by atoms with Crippen molar-refractivity contribution in [2.75, 3.05) is 11.9 Å². The third-order valence-corrected chi connectivity index (χ3v) is 5.18. The van der Waals surface area contributed by atoms with Gasteiger partial charge in [-0.05, 0) is 52.0 Å². The minimum atomic E-state index is -0.455. The van der Waals surface area contributed by atoms with Crippen LogP contribution in [0.5, 0.6) is 0 Å². The molecule has 0 aliphatic heterocycles. The van der Waals surface area contributed by atoms with Gasteiger partial charge in [-0.25, -0.2) is 13.9 Å². The van der Waals surface area contributed by atoms with Gasteiger partial charge in [0.1, 0.15) is 0 Å². The number of hydrogen-bond acceptors (Lipinski definition) is 3. The molecule has 152 valence electrons. The Balaban J connectivity index is 2.02. The van der Waals surface area contributed by atoms with E-state index in [4.69, 9.17) is 4.74 Å². The topological polar surface area (TPSA) is 64.2 Å². The van der Waals surface area contributed by atoms with Crippen LogP contribution in [0.25, 0.3) is 11.0 Å². The first-order chi connectivity index (χ1) is 13.9. The maximum absolute atomic E-state index is 13.0. The van der Waals surface area contributed by atoms with Crippen molar-refractivity contribution in [1.82, 2.24) is 4.57 Å². The number of nitrogens with one attached hydrogen (secondary N) is 1. The Morgan fingerprint density at radius 2 is 1.79 bits per heavy atom. The molecule has 1 amide bonds. The number of aryl methyl sites for hydroxylation is 2. The first-order valence-electron chi connectivity index (χ1n) is 9.96. The molecule has 3 rings (SSSR count). The Morgan fingerprint density at radius 1 is 1.10 bits per heavy atom. The number of imidazole rings is 1. The lowest BCUT2D eigenvalue weighted by atomic mass is 10.2. The molecule has 29 heavy (non-hydrogen) atoms. The Kier molecular flexibility index (Phi) is 6.01. The zero-order chi connectivity index (χ0) is 21.1. The summed E-state index contributed by atoms with van der Waals surface area (Å²) in [7, 11) is 0. The maximum Gasteiger partial charge on any atom is 0.338 e. The molecule has 0 radical (unpaired) electrons. The molecule has 0 unspecified atom stereocenters. The zero-order valence-corrected chi connectivity index (χ0v) is 17.7. The number of benzene rings is 2. The van der Waals surface area contributed by atoms with E-state index < -0.39 is 6.04 Å². The van der Waals surface area contributed by atoms with Gasteiger partial charge in [0.05, 0.1) is 18.7 Å². The van der Waals surface area contributed by atoms with Crippen LogP contribution >= 0.6 is 0 Å². The van der Waals surface area contributed by atoms with Crippen LogP contribution in [-0.2, 0) is 16.1 Å². The number of fused-ring (bicyclic) bond motifs is 1. The molecule has 0 fully saturated rings. The number of anilines is 1. The summed E-state index contributed by atoms with van der Waals surface area (Å²) in [4.78, 5) is 25.2. The van der Waals surface area contributed by atoms with Crippen LogP contribution in [0.2, 0.25) is 0 Å². The quantitative estimate of drug-likeness (QED) is 0.509. The average Bonchev–Trinajstić information content (AvgIpc) is 2.99. The van der Waals surface area contributed by atoms with Crippen molar-refractivity contribution in [2.24, 2.45) is 0 Å². The SMILES string of the molecule is CCOC(=O)c1ccc2c(c1)n([C@@H](C)C(=O)Nc1ccc(C)cc1)c(C)[n+]2CC. The van der Waals surface area contributed by atoms with E-state index >= 15 is 0 Å². The molecule has 0 aliphatic rings. The zero-order valence-electron chi connectivity index (χ0n) is 17.7. The van der Waals surface area contributed by atoms with Gasteiger partial charge in [-0.1, -0.05) is 17.7 Å². The van der Waals surface area contributed by atoms with E-state index in [1.165, 1.54) is 0 Å². The molecule has 0 aliphatic carbocycles. The number of ether oxygens (including phenoxy) is 1. The molecule has 2 aromatic carbocycles. The Hall–Kier alpha value is -3.15. The van der Waals surface area contributed by atoms with Crippen LogP contribution in [0.3, 0.4) is 0 Å². The van der Waals surface area contributed by atoms with Gasteiger partial charge in [0, 0.05) is 18.7 Å². The van der Waals surface area contributed by atoms with Crippen LogP contribution < -0.4 is 9.88 Å². The first-order valence-corrected chi connectivity index (χ1v) is 9.96. The second-order valence-corrected chi connectivity index (χ2v) is 7.12. The predicted octanol–water partition coefficient (Wildman–Crippen LogP) is 3.94. The van der Waals surface area contributed by atoms with Crippen LogP contribution in [0.1, 0.15) is 48.6 Å². The van der Waals surface area contributed by atoms with E-state index in [2.05, 4.69) is 16.8 Å². The molecule has 0 bridgehead atoms. The van der Waals surface area contributed by atoms with Crippen molar-refractivity contribution in [1.29, 1.82) is 0 Å². The number of aromatic nitrogens is 2. The minimum absolute atomic E-state index is 0.112. The molecular formula is C23H28N3O3+. The number of carbonyl (C=O) groups is 2. The summed E-state index contributed by atoms with van der Waals surface area (Å²) in [6, 6.07) is 12.8. The Morgan fingerprint density at radius 3 is 2.41 bits per heavy atom. The Bertz CT molecular complexity index is 1050. The van der Waals surface area contributed by atoms with Crippen molar-refractivity contribution in [2.45, 2.75) is 47.2 Å². The fourth-order valence-corrected chi connectivity index (χ4v) is 3.65. The predicted molar refractivity (Wildman–Crippen MR) is 113 cm³/mol. The lowest BCUT2D eigenvalue weighted by molar-refractivity contribution is -0.675. The minimum Gasteiger partial charge on any atom is -0.462 e. The van der Waals surface area contributed by atoms with Crippen LogP contribution in [0.4, 0.5) is 5.69 Å². The highest BCUT2D eigenvalue weighted by molar-refractivity contribution is 5.96.